The minimum Gasteiger partial charge on any atom is -0.493 e. The van der Waals surface area contributed by atoms with Crippen molar-refractivity contribution in [2.75, 3.05) is 26.3 Å². The van der Waals surface area contributed by atoms with Crippen LogP contribution in [0.2, 0.25) is 0 Å². The lowest BCUT2D eigenvalue weighted by Gasteiger charge is -2.30. The van der Waals surface area contributed by atoms with E-state index in [1.165, 1.54) is 31.2 Å². The van der Waals surface area contributed by atoms with Crippen LogP contribution in [0.15, 0.2) is 42.5 Å². The lowest BCUT2D eigenvalue weighted by atomic mass is 10.1. The number of hydrogen-bond acceptors (Lipinski definition) is 5. The molecule has 0 radical (unpaired) electrons. The average molecular weight is 538 g/mol. The number of nitrogens with zero attached hydrogens (tertiary/aromatic N) is 1. The standard InChI is InChI=1S/C32H47N3O4/c1-4-6-7-9-18-33-22-26-12-15-28(16-13-26)39-24-31(36)35(29-11-8-10-19-34-32(29)37)23-27-14-17-30(25(3)21-27)38-20-5-2/h12-17,21,29,33H,4-11,18-20,22-24H2,1-3H3,(H,34,37)/t29-/m0/s1. The van der Waals surface area contributed by atoms with E-state index in [2.05, 4.69) is 24.5 Å². The molecule has 0 spiro atoms. The normalized spacial score (nSPS) is 15.4. The van der Waals surface area contributed by atoms with Gasteiger partial charge in [-0.3, -0.25) is 9.59 Å². The molecule has 1 fully saturated rings. The molecule has 3 rings (SSSR count). The first kappa shape index (κ1) is 30.5. The molecule has 1 saturated heterocycles. The first-order valence-corrected chi connectivity index (χ1v) is 14.7. The fourth-order valence-corrected chi connectivity index (χ4v) is 4.81. The van der Waals surface area contributed by atoms with Crippen molar-refractivity contribution in [2.45, 2.75) is 91.3 Å². The third kappa shape index (κ3) is 10.2. The molecule has 2 amide bonds. The Morgan fingerprint density at radius 3 is 2.54 bits per heavy atom. The summed E-state index contributed by atoms with van der Waals surface area (Å²) in [4.78, 5) is 28.0. The second-order valence-corrected chi connectivity index (χ2v) is 10.4. The molecule has 0 saturated carbocycles. The topological polar surface area (TPSA) is 79.9 Å². The van der Waals surface area contributed by atoms with Crippen LogP contribution < -0.4 is 20.1 Å². The lowest BCUT2D eigenvalue weighted by Crippen LogP contribution is -2.49. The number of aryl methyl sites for hydroxylation is 1. The molecule has 1 heterocycles. The fourth-order valence-electron chi connectivity index (χ4n) is 4.81. The highest BCUT2D eigenvalue weighted by molar-refractivity contribution is 5.88. The monoisotopic (exact) mass is 537 g/mol. The van der Waals surface area contributed by atoms with E-state index in [9.17, 15) is 9.59 Å². The van der Waals surface area contributed by atoms with Gasteiger partial charge in [-0.25, -0.2) is 0 Å². The van der Waals surface area contributed by atoms with Crippen molar-refractivity contribution in [3.05, 3.63) is 59.2 Å². The number of benzene rings is 2. The molecule has 2 aromatic carbocycles. The van der Waals surface area contributed by atoms with Crippen LogP contribution in [0.25, 0.3) is 0 Å². The molecule has 2 N–H and O–H groups in total. The van der Waals surface area contributed by atoms with E-state index < -0.39 is 6.04 Å². The Bertz CT molecular complexity index is 1020. The molecule has 0 unspecified atom stereocenters. The molecule has 39 heavy (non-hydrogen) atoms. The zero-order valence-corrected chi connectivity index (χ0v) is 24.1. The van der Waals surface area contributed by atoms with Gasteiger partial charge in [0, 0.05) is 19.6 Å². The van der Waals surface area contributed by atoms with Gasteiger partial charge in [-0.2, -0.15) is 0 Å². The Morgan fingerprint density at radius 2 is 1.79 bits per heavy atom. The van der Waals surface area contributed by atoms with Gasteiger partial charge in [0.2, 0.25) is 5.91 Å². The summed E-state index contributed by atoms with van der Waals surface area (Å²) in [5.41, 5.74) is 3.17. The summed E-state index contributed by atoms with van der Waals surface area (Å²) in [6.07, 6.45) is 8.40. The fraction of sp³-hybridized carbons (Fsp3) is 0.562. The number of carbonyl (C=O) groups excluding carboxylic acids is 2. The summed E-state index contributed by atoms with van der Waals surface area (Å²) in [5, 5.41) is 6.45. The number of nitrogens with one attached hydrogen (secondary N) is 2. The van der Waals surface area contributed by atoms with Gasteiger partial charge in [0.05, 0.1) is 6.61 Å². The Kier molecular flexibility index (Phi) is 13.1. The number of unbranched alkanes of at least 4 members (excludes halogenated alkanes) is 3. The minimum absolute atomic E-state index is 0.0907. The predicted molar refractivity (Wildman–Crippen MR) is 156 cm³/mol. The van der Waals surface area contributed by atoms with Crippen LogP contribution in [-0.4, -0.2) is 49.1 Å². The molecule has 214 valence electrons. The number of rotatable bonds is 16. The minimum atomic E-state index is -0.509. The molecular formula is C32H47N3O4. The van der Waals surface area contributed by atoms with E-state index in [-0.39, 0.29) is 18.4 Å². The van der Waals surface area contributed by atoms with Crippen molar-refractivity contribution in [1.29, 1.82) is 0 Å². The average Bonchev–Trinajstić information content (AvgIpc) is 3.16. The first-order chi connectivity index (χ1) is 19.0. The van der Waals surface area contributed by atoms with Crippen LogP contribution in [0.4, 0.5) is 0 Å². The van der Waals surface area contributed by atoms with Crippen molar-refractivity contribution in [1.82, 2.24) is 15.5 Å². The smallest absolute Gasteiger partial charge is 0.261 e. The second kappa shape index (κ2) is 16.8. The molecule has 1 aliphatic rings. The van der Waals surface area contributed by atoms with Gasteiger partial charge in [-0.05, 0) is 80.5 Å². The second-order valence-electron chi connectivity index (χ2n) is 10.4. The van der Waals surface area contributed by atoms with Crippen LogP contribution in [0.1, 0.15) is 81.9 Å². The highest BCUT2D eigenvalue weighted by atomic mass is 16.5. The van der Waals surface area contributed by atoms with Crippen LogP contribution in [0.3, 0.4) is 0 Å². The van der Waals surface area contributed by atoms with Gasteiger partial charge >= 0.3 is 0 Å². The summed E-state index contributed by atoms with van der Waals surface area (Å²) in [5.74, 6) is 1.21. The van der Waals surface area contributed by atoms with E-state index in [4.69, 9.17) is 9.47 Å². The zero-order valence-electron chi connectivity index (χ0n) is 24.1. The maximum absolute atomic E-state index is 13.5. The van der Waals surface area contributed by atoms with Crippen LogP contribution in [0.5, 0.6) is 11.5 Å². The molecule has 1 aliphatic heterocycles. The Morgan fingerprint density at radius 1 is 1.00 bits per heavy atom. The maximum atomic E-state index is 13.5. The largest absolute Gasteiger partial charge is 0.493 e. The summed E-state index contributed by atoms with van der Waals surface area (Å²) in [6.45, 7) is 9.69. The van der Waals surface area contributed by atoms with E-state index in [1.54, 1.807) is 4.90 Å². The number of amides is 2. The third-order valence-corrected chi connectivity index (χ3v) is 7.08. The lowest BCUT2D eigenvalue weighted by molar-refractivity contribution is -0.142. The summed E-state index contributed by atoms with van der Waals surface area (Å²) >= 11 is 0. The Labute approximate surface area is 234 Å². The van der Waals surface area contributed by atoms with Gasteiger partial charge in [0.25, 0.3) is 5.91 Å². The Hall–Kier alpha value is -3.06. The summed E-state index contributed by atoms with van der Waals surface area (Å²) < 4.78 is 11.7. The molecule has 0 aliphatic carbocycles. The zero-order chi connectivity index (χ0) is 27.9. The molecule has 0 aromatic heterocycles. The predicted octanol–water partition coefficient (Wildman–Crippen LogP) is 5.53. The van der Waals surface area contributed by atoms with E-state index >= 15 is 0 Å². The van der Waals surface area contributed by atoms with Crippen molar-refractivity contribution >= 4 is 11.8 Å². The van der Waals surface area contributed by atoms with E-state index in [0.29, 0.717) is 31.9 Å². The Balaban J connectivity index is 1.61. The first-order valence-electron chi connectivity index (χ1n) is 14.7. The quantitative estimate of drug-likeness (QED) is 0.275. The molecule has 1 atom stereocenters. The van der Waals surface area contributed by atoms with Crippen LogP contribution in [-0.2, 0) is 22.7 Å². The number of ether oxygens (including phenoxy) is 2. The number of hydrogen-bond donors (Lipinski definition) is 2. The van der Waals surface area contributed by atoms with Crippen LogP contribution in [0, 0.1) is 6.92 Å². The van der Waals surface area contributed by atoms with Gasteiger partial charge < -0.3 is 25.0 Å². The van der Waals surface area contributed by atoms with E-state index in [1.807, 2.05) is 49.4 Å². The molecule has 0 bridgehead atoms. The van der Waals surface area contributed by atoms with Crippen molar-refractivity contribution in [3.8, 4) is 11.5 Å². The van der Waals surface area contributed by atoms with Gasteiger partial charge in [-0.15, -0.1) is 0 Å². The maximum Gasteiger partial charge on any atom is 0.261 e. The highest BCUT2D eigenvalue weighted by Crippen LogP contribution is 2.23. The molecule has 7 heteroatoms. The SMILES string of the molecule is CCCCCCNCc1ccc(OCC(=O)N(Cc2ccc(OCCC)c(C)c2)[C@H]2CCCCNC2=O)cc1. The third-order valence-electron chi connectivity index (χ3n) is 7.08. The van der Waals surface area contributed by atoms with Gasteiger partial charge in [-0.1, -0.05) is 57.4 Å². The van der Waals surface area contributed by atoms with Crippen molar-refractivity contribution in [3.63, 3.8) is 0 Å². The summed E-state index contributed by atoms with van der Waals surface area (Å²) in [7, 11) is 0. The van der Waals surface area contributed by atoms with Crippen molar-refractivity contribution < 1.29 is 19.1 Å². The van der Waals surface area contributed by atoms with Crippen LogP contribution >= 0.6 is 0 Å². The molecular weight excluding hydrogens is 490 g/mol. The van der Waals surface area contributed by atoms with Crippen molar-refractivity contribution in [2.24, 2.45) is 0 Å². The van der Waals surface area contributed by atoms with E-state index in [0.717, 1.165) is 49.2 Å². The molecule has 2 aromatic rings. The van der Waals surface area contributed by atoms with Gasteiger partial charge in [0.15, 0.2) is 6.61 Å². The summed E-state index contributed by atoms with van der Waals surface area (Å²) in [6, 6.07) is 13.3. The molecule has 7 nitrogen and oxygen atoms in total. The van der Waals surface area contributed by atoms with Gasteiger partial charge in [0.1, 0.15) is 17.5 Å². The number of carbonyl (C=O) groups is 2. The highest BCUT2D eigenvalue weighted by Gasteiger charge is 2.31.